The molecule has 0 unspecified atom stereocenters. The third kappa shape index (κ3) is 3.55. The minimum Gasteiger partial charge on any atom is -0.396 e. The molecule has 106 valence electrons. The van der Waals surface area contributed by atoms with Gasteiger partial charge in [-0.3, -0.25) is 0 Å². The van der Waals surface area contributed by atoms with Gasteiger partial charge in [0.1, 0.15) is 0 Å². The minimum absolute atomic E-state index is 0.205. The SMILES string of the molecule is CC(C)(C)NS(=O)(=O)c1ccc([C@H]2C[C@@H]2CO)cc1. The summed E-state index contributed by atoms with van der Waals surface area (Å²) in [5, 5.41) is 9.04. The van der Waals surface area contributed by atoms with Gasteiger partial charge in [0.2, 0.25) is 10.0 Å². The second-order valence-electron chi connectivity index (χ2n) is 6.21. The molecule has 1 saturated carbocycles. The van der Waals surface area contributed by atoms with Crippen molar-refractivity contribution in [2.45, 2.75) is 43.5 Å². The van der Waals surface area contributed by atoms with E-state index in [-0.39, 0.29) is 11.5 Å². The van der Waals surface area contributed by atoms with Gasteiger partial charge in [-0.2, -0.15) is 0 Å². The van der Waals surface area contributed by atoms with Crippen LogP contribution in [0.15, 0.2) is 29.2 Å². The molecule has 0 aromatic heterocycles. The van der Waals surface area contributed by atoms with Gasteiger partial charge < -0.3 is 5.11 Å². The normalized spacial score (nSPS) is 23.4. The Hall–Kier alpha value is -0.910. The lowest BCUT2D eigenvalue weighted by molar-refractivity contribution is 0.274. The summed E-state index contributed by atoms with van der Waals surface area (Å²) >= 11 is 0. The summed E-state index contributed by atoms with van der Waals surface area (Å²) in [6.07, 6.45) is 0.989. The molecule has 0 heterocycles. The molecular formula is C14H21NO3S. The Bertz CT molecular complexity index is 543. The van der Waals surface area contributed by atoms with E-state index in [4.69, 9.17) is 5.11 Å². The molecule has 2 rings (SSSR count). The van der Waals surface area contributed by atoms with Crippen molar-refractivity contribution in [1.29, 1.82) is 0 Å². The number of hydrogen-bond acceptors (Lipinski definition) is 3. The highest BCUT2D eigenvalue weighted by Crippen LogP contribution is 2.46. The maximum absolute atomic E-state index is 12.1. The van der Waals surface area contributed by atoms with E-state index in [0.717, 1.165) is 12.0 Å². The molecule has 4 nitrogen and oxygen atoms in total. The number of aliphatic hydroxyl groups is 1. The Morgan fingerprint density at radius 1 is 1.26 bits per heavy atom. The van der Waals surface area contributed by atoms with Crippen LogP contribution in [-0.4, -0.2) is 25.7 Å². The van der Waals surface area contributed by atoms with Gasteiger partial charge in [-0.05, 0) is 56.7 Å². The minimum atomic E-state index is -3.46. The molecule has 5 heteroatoms. The van der Waals surface area contributed by atoms with Crippen LogP contribution in [-0.2, 0) is 10.0 Å². The maximum Gasteiger partial charge on any atom is 0.241 e. The average Bonchev–Trinajstić information content (AvgIpc) is 3.05. The predicted octanol–water partition coefficient (Wildman–Crippen LogP) is 1.86. The molecule has 0 spiro atoms. The van der Waals surface area contributed by atoms with Crippen LogP contribution in [0.5, 0.6) is 0 Å². The zero-order valence-corrected chi connectivity index (χ0v) is 12.4. The predicted molar refractivity (Wildman–Crippen MR) is 74.5 cm³/mol. The van der Waals surface area contributed by atoms with E-state index in [0.29, 0.717) is 11.8 Å². The first-order chi connectivity index (χ1) is 8.73. The molecule has 19 heavy (non-hydrogen) atoms. The summed E-state index contributed by atoms with van der Waals surface area (Å²) in [6.45, 7) is 5.65. The van der Waals surface area contributed by atoms with E-state index in [2.05, 4.69) is 4.72 Å². The van der Waals surface area contributed by atoms with Gasteiger partial charge in [-0.1, -0.05) is 12.1 Å². The van der Waals surface area contributed by atoms with Crippen LogP contribution in [0.4, 0.5) is 0 Å². The summed E-state index contributed by atoms with van der Waals surface area (Å²) in [4.78, 5) is 0.285. The van der Waals surface area contributed by atoms with Crippen LogP contribution in [0.25, 0.3) is 0 Å². The van der Waals surface area contributed by atoms with E-state index >= 15 is 0 Å². The Kier molecular flexibility index (Phi) is 3.73. The standard InChI is InChI=1S/C14H21NO3S/c1-14(2,3)15-19(17,18)12-6-4-10(5-7-12)13-8-11(13)9-16/h4-7,11,13,15-16H,8-9H2,1-3H3/t11-,13-/m1/s1. The van der Waals surface area contributed by atoms with E-state index < -0.39 is 15.6 Å². The summed E-state index contributed by atoms with van der Waals surface area (Å²) < 4.78 is 26.9. The molecule has 2 atom stereocenters. The van der Waals surface area contributed by atoms with Gasteiger partial charge in [0.15, 0.2) is 0 Å². The van der Waals surface area contributed by atoms with E-state index in [1.54, 1.807) is 12.1 Å². The largest absolute Gasteiger partial charge is 0.396 e. The molecule has 1 aliphatic carbocycles. The van der Waals surface area contributed by atoms with E-state index in [1.165, 1.54) is 0 Å². The summed E-state index contributed by atoms with van der Waals surface area (Å²) in [6, 6.07) is 6.96. The van der Waals surface area contributed by atoms with Crippen molar-refractivity contribution in [1.82, 2.24) is 4.72 Å². The van der Waals surface area contributed by atoms with Gasteiger partial charge in [-0.25, -0.2) is 13.1 Å². The molecule has 0 amide bonds. The lowest BCUT2D eigenvalue weighted by atomic mass is 10.1. The van der Waals surface area contributed by atoms with Gasteiger partial charge in [0.05, 0.1) is 4.90 Å². The zero-order valence-electron chi connectivity index (χ0n) is 11.6. The quantitative estimate of drug-likeness (QED) is 0.886. The van der Waals surface area contributed by atoms with Crippen molar-refractivity contribution in [3.05, 3.63) is 29.8 Å². The second-order valence-corrected chi connectivity index (χ2v) is 7.89. The van der Waals surface area contributed by atoms with Gasteiger partial charge in [0, 0.05) is 12.1 Å². The van der Waals surface area contributed by atoms with Crippen molar-refractivity contribution >= 4 is 10.0 Å². The van der Waals surface area contributed by atoms with Gasteiger partial charge in [0.25, 0.3) is 0 Å². The highest BCUT2D eigenvalue weighted by molar-refractivity contribution is 7.89. The molecule has 0 saturated heterocycles. The van der Waals surface area contributed by atoms with Crippen LogP contribution >= 0.6 is 0 Å². The third-order valence-electron chi connectivity index (χ3n) is 3.22. The van der Waals surface area contributed by atoms with E-state index in [9.17, 15) is 8.42 Å². The monoisotopic (exact) mass is 283 g/mol. The van der Waals surface area contributed by atoms with Gasteiger partial charge in [-0.15, -0.1) is 0 Å². The van der Waals surface area contributed by atoms with Crippen molar-refractivity contribution in [3.63, 3.8) is 0 Å². The summed E-state index contributed by atoms with van der Waals surface area (Å²) in [5.74, 6) is 0.729. The smallest absolute Gasteiger partial charge is 0.241 e. The van der Waals surface area contributed by atoms with Crippen molar-refractivity contribution in [2.24, 2.45) is 5.92 Å². The Morgan fingerprint density at radius 2 is 1.84 bits per heavy atom. The first kappa shape index (κ1) is 14.5. The zero-order chi connectivity index (χ0) is 14.3. The molecule has 0 bridgehead atoms. The topological polar surface area (TPSA) is 66.4 Å². The number of sulfonamides is 1. The maximum atomic E-state index is 12.1. The number of aliphatic hydroxyl groups excluding tert-OH is 1. The van der Waals surface area contributed by atoms with Crippen LogP contribution in [0.2, 0.25) is 0 Å². The Labute approximate surface area is 114 Å². The second kappa shape index (κ2) is 4.89. The van der Waals surface area contributed by atoms with Crippen molar-refractivity contribution in [3.8, 4) is 0 Å². The molecule has 1 fully saturated rings. The third-order valence-corrected chi connectivity index (χ3v) is 4.99. The van der Waals surface area contributed by atoms with Crippen LogP contribution in [0.1, 0.15) is 38.7 Å². The molecule has 2 N–H and O–H groups in total. The van der Waals surface area contributed by atoms with Crippen LogP contribution in [0.3, 0.4) is 0 Å². The Morgan fingerprint density at radius 3 is 2.26 bits per heavy atom. The fourth-order valence-electron chi connectivity index (χ4n) is 2.21. The van der Waals surface area contributed by atoms with Gasteiger partial charge >= 0.3 is 0 Å². The molecule has 1 aromatic carbocycles. The number of nitrogens with one attached hydrogen (secondary N) is 1. The fraction of sp³-hybridized carbons (Fsp3) is 0.571. The lowest BCUT2D eigenvalue weighted by Gasteiger charge is -2.20. The summed E-state index contributed by atoms with van der Waals surface area (Å²) in [5.41, 5.74) is 0.615. The van der Waals surface area contributed by atoms with Crippen LogP contribution in [0, 0.1) is 5.92 Å². The van der Waals surface area contributed by atoms with Crippen molar-refractivity contribution in [2.75, 3.05) is 6.61 Å². The first-order valence-electron chi connectivity index (χ1n) is 6.48. The van der Waals surface area contributed by atoms with E-state index in [1.807, 2.05) is 32.9 Å². The van der Waals surface area contributed by atoms with Crippen molar-refractivity contribution < 1.29 is 13.5 Å². The fourth-order valence-corrected chi connectivity index (χ4v) is 3.63. The lowest BCUT2D eigenvalue weighted by Crippen LogP contribution is -2.40. The number of hydrogen-bond donors (Lipinski definition) is 2. The average molecular weight is 283 g/mol. The first-order valence-corrected chi connectivity index (χ1v) is 7.96. The number of benzene rings is 1. The molecule has 1 aromatic rings. The molecular weight excluding hydrogens is 262 g/mol. The molecule has 0 aliphatic heterocycles. The highest BCUT2D eigenvalue weighted by atomic mass is 32.2. The number of rotatable bonds is 4. The molecule has 0 radical (unpaired) electrons. The summed E-state index contributed by atoms with van der Waals surface area (Å²) in [7, 11) is -3.46. The Balaban J connectivity index is 2.15. The highest BCUT2D eigenvalue weighted by Gasteiger charge is 2.37. The molecule has 1 aliphatic rings. The van der Waals surface area contributed by atoms with Crippen LogP contribution < -0.4 is 4.72 Å².